The molecule has 0 heterocycles. The third kappa shape index (κ3) is 3.73. The summed E-state index contributed by atoms with van der Waals surface area (Å²) in [6.45, 7) is 4.04. The summed E-state index contributed by atoms with van der Waals surface area (Å²) >= 11 is 0. The second-order valence-electron chi connectivity index (χ2n) is 2.87. The number of benzene rings is 1. The highest BCUT2D eigenvalue weighted by Gasteiger charge is 2.08. The summed E-state index contributed by atoms with van der Waals surface area (Å²) < 4.78 is 35.4. The van der Waals surface area contributed by atoms with Gasteiger partial charge in [-0.05, 0) is 30.7 Å². The molecular weight excluding hydrogens is 216 g/mol. The molecule has 82 valence electrons. The molecule has 5 heteroatoms. The van der Waals surface area contributed by atoms with E-state index >= 15 is 0 Å². The lowest BCUT2D eigenvalue weighted by atomic mass is 10.3. The van der Waals surface area contributed by atoms with Crippen LogP contribution < -0.4 is 4.74 Å². The van der Waals surface area contributed by atoms with Crippen molar-refractivity contribution in [2.45, 2.75) is 11.3 Å². The topological polar surface area (TPSA) is 63.6 Å². The van der Waals surface area contributed by atoms with Crippen LogP contribution in [-0.4, -0.2) is 19.6 Å². The van der Waals surface area contributed by atoms with Gasteiger partial charge in [-0.25, -0.2) is 0 Å². The summed E-state index contributed by atoms with van der Waals surface area (Å²) in [5.74, 6) is 0.559. The smallest absolute Gasteiger partial charge is 0.294 e. The minimum absolute atomic E-state index is 0.140. The summed E-state index contributed by atoms with van der Waals surface area (Å²) in [6.07, 6.45) is 2.45. The lowest BCUT2D eigenvalue weighted by Crippen LogP contribution is -1.99. The van der Waals surface area contributed by atoms with Crippen molar-refractivity contribution in [3.05, 3.63) is 36.9 Å². The molecule has 0 amide bonds. The fraction of sp³-hybridized carbons (Fsp3) is 0.200. The van der Waals surface area contributed by atoms with Crippen LogP contribution in [0.2, 0.25) is 0 Å². The molecule has 0 radical (unpaired) electrons. The van der Waals surface area contributed by atoms with Crippen LogP contribution in [0.3, 0.4) is 0 Å². The Morgan fingerprint density at radius 1 is 1.33 bits per heavy atom. The number of hydrogen-bond donors (Lipinski definition) is 1. The van der Waals surface area contributed by atoms with Crippen LogP contribution in [0.25, 0.3) is 0 Å². The number of hydrogen-bond acceptors (Lipinski definition) is 3. The highest BCUT2D eigenvalue weighted by Crippen LogP contribution is 2.15. The average Bonchev–Trinajstić information content (AvgIpc) is 2.18. The molecule has 0 aromatic heterocycles. The molecule has 0 atom stereocenters. The van der Waals surface area contributed by atoms with E-state index in [4.69, 9.17) is 9.29 Å². The van der Waals surface area contributed by atoms with Gasteiger partial charge in [0, 0.05) is 0 Å². The number of rotatable bonds is 5. The van der Waals surface area contributed by atoms with Crippen LogP contribution >= 0.6 is 0 Å². The molecule has 0 aliphatic rings. The normalized spacial score (nSPS) is 11.0. The molecule has 1 aromatic rings. The van der Waals surface area contributed by atoms with Crippen LogP contribution in [-0.2, 0) is 10.1 Å². The fourth-order valence-electron chi connectivity index (χ4n) is 0.968. The molecule has 0 fully saturated rings. The van der Waals surface area contributed by atoms with E-state index in [1.807, 2.05) is 0 Å². The van der Waals surface area contributed by atoms with Gasteiger partial charge in [-0.3, -0.25) is 4.55 Å². The Morgan fingerprint density at radius 2 is 1.93 bits per heavy atom. The third-order valence-electron chi connectivity index (χ3n) is 1.71. The lowest BCUT2D eigenvalue weighted by Gasteiger charge is -2.04. The molecule has 0 unspecified atom stereocenters. The molecule has 1 aromatic carbocycles. The van der Waals surface area contributed by atoms with Crippen molar-refractivity contribution >= 4 is 10.1 Å². The van der Waals surface area contributed by atoms with E-state index < -0.39 is 10.1 Å². The lowest BCUT2D eigenvalue weighted by molar-refractivity contribution is 0.325. The fourth-order valence-corrected chi connectivity index (χ4v) is 1.45. The second-order valence-corrected chi connectivity index (χ2v) is 4.29. The third-order valence-corrected chi connectivity index (χ3v) is 2.58. The van der Waals surface area contributed by atoms with E-state index in [2.05, 4.69) is 6.58 Å². The van der Waals surface area contributed by atoms with E-state index in [1.54, 1.807) is 6.08 Å². The Labute approximate surface area is 88.9 Å². The van der Waals surface area contributed by atoms with Gasteiger partial charge in [0.1, 0.15) is 5.75 Å². The molecule has 4 nitrogen and oxygen atoms in total. The van der Waals surface area contributed by atoms with Crippen molar-refractivity contribution in [2.24, 2.45) is 0 Å². The average molecular weight is 228 g/mol. The largest absolute Gasteiger partial charge is 0.493 e. The van der Waals surface area contributed by atoms with Gasteiger partial charge in [0.2, 0.25) is 0 Å². The van der Waals surface area contributed by atoms with E-state index in [0.717, 1.165) is 6.42 Å². The number of ether oxygens (including phenoxy) is 1. The molecule has 1 N–H and O–H groups in total. The Morgan fingerprint density at radius 3 is 2.40 bits per heavy atom. The zero-order valence-corrected chi connectivity index (χ0v) is 8.90. The van der Waals surface area contributed by atoms with E-state index in [0.29, 0.717) is 12.4 Å². The summed E-state index contributed by atoms with van der Waals surface area (Å²) in [5, 5.41) is 0. The highest BCUT2D eigenvalue weighted by atomic mass is 32.2. The van der Waals surface area contributed by atoms with Gasteiger partial charge >= 0.3 is 0 Å². The first-order chi connectivity index (χ1) is 7.04. The van der Waals surface area contributed by atoms with E-state index in [1.165, 1.54) is 24.3 Å². The molecule has 15 heavy (non-hydrogen) atoms. The van der Waals surface area contributed by atoms with Gasteiger partial charge in [-0.2, -0.15) is 8.42 Å². The molecular formula is C10H12O4S. The second kappa shape index (κ2) is 4.95. The Hall–Kier alpha value is -1.33. The Bertz CT molecular complexity index is 419. The van der Waals surface area contributed by atoms with E-state index in [-0.39, 0.29) is 4.90 Å². The highest BCUT2D eigenvalue weighted by molar-refractivity contribution is 7.85. The van der Waals surface area contributed by atoms with Crippen LogP contribution in [0.15, 0.2) is 41.8 Å². The molecule has 0 aliphatic carbocycles. The molecule has 0 spiro atoms. The van der Waals surface area contributed by atoms with Gasteiger partial charge in [-0.1, -0.05) is 6.08 Å². The van der Waals surface area contributed by atoms with Crippen LogP contribution in [0.1, 0.15) is 6.42 Å². The Kier molecular flexibility index (Phi) is 3.88. The van der Waals surface area contributed by atoms with Gasteiger partial charge in [0.05, 0.1) is 11.5 Å². The first-order valence-corrected chi connectivity index (χ1v) is 5.79. The van der Waals surface area contributed by atoms with Crippen LogP contribution in [0.4, 0.5) is 0 Å². The summed E-state index contributed by atoms with van der Waals surface area (Å²) in [6, 6.07) is 5.57. The van der Waals surface area contributed by atoms with Crippen molar-refractivity contribution in [2.75, 3.05) is 6.61 Å². The van der Waals surface area contributed by atoms with Crippen molar-refractivity contribution in [3.63, 3.8) is 0 Å². The first-order valence-electron chi connectivity index (χ1n) is 4.35. The molecule has 0 aliphatic heterocycles. The van der Waals surface area contributed by atoms with Gasteiger partial charge < -0.3 is 4.74 Å². The molecule has 0 bridgehead atoms. The van der Waals surface area contributed by atoms with Crippen molar-refractivity contribution < 1.29 is 17.7 Å². The summed E-state index contributed by atoms with van der Waals surface area (Å²) in [4.78, 5) is -0.140. The van der Waals surface area contributed by atoms with Crippen molar-refractivity contribution in [1.29, 1.82) is 0 Å². The zero-order chi connectivity index (χ0) is 11.3. The quantitative estimate of drug-likeness (QED) is 0.475. The predicted octanol–water partition coefficient (Wildman–Crippen LogP) is 1.89. The minimum atomic E-state index is -4.12. The van der Waals surface area contributed by atoms with Crippen molar-refractivity contribution in [3.8, 4) is 5.75 Å². The van der Waals surface area contributed by atoms with Crippen LogP contribution in [0.5, 0.6) is 5.75 Å². The standard InChI is InChI=1S/C10H12O4S/c1-2-3-8-14-9-4-6-10(7-5-9)15(11,12)13/h2,4-7H,1,3,8H2,(H,11,12,13). The maximum Gasteiger partial charge on any atom is 0.294 e. The van der Waals surface area contributed by atoms with Gasteiger partial charge in [0.25, 0.3) is 10.1 Å². The molecule has 1 rings (SSSR count). The summed E-state index contributed by atoms with van der Waals surface area (Å²) in [7, 11) is -4.12. The SMILES string of the molecule is C=CCCOc1ccc(S(=O)(=O)O)cc1. The Balaban J connectivity index is 2.69. The summed E-state index contributed by atoms with van der Waals surface area (Å²) in [5.41, 5.74) is 0. The minimum Gasteiger partial charge on any atom is -0.493 e. The van der Waals surface area contributed by atoms with Gasteiger partial charge in [0.15, 0.2) is 0 Å². The molecule has 0 saturated heterocycles. The predicted molar refractivity (Wildman–Crippen MR) is 56.6 cm³/mol. The first kappa shape index (κ1) is 11.7. The zero-order valence-electron chi connectivity index (χ0n) is 8.09. The van der Waals surface area contributed by atoms with Crippen LogP contribution in [0, 0.1) is 0 Å². The maximum atomic E-state index is 10.7. The molecule has 0 saturated carbocycles. The monoisotopic (exact) mass is 228 g/mol. The maximum absolute atomic E-state index is 10.7. The van der Waals surface area contributed by atoms with Crippen molar-refractivity contribution in [1.82, 2.24) is 0 Å². The van der Waals surface area contributed by atoms with Gasteiger partial charge in [-0.15, -0.1) is 6.58 Å². The van der Waals surface area contributed by atoms with E-state index in [9.17, 15) is 8.42 Å².